The smallest absolute Gasteiger partial charge is 0.341 e. The number of anilines is 1. The molecule has 7 heteroatoms. The van der Waals surface area contributed by atoms with E-state index in [0.29, 0.717) is 17.2 Å². The first-order valence-electron chi connectivity index (χ1n) is 6.53. The third-order valence-electron chi connectivity index (χ3n) is 2.61. The average molecular weight is 400 g/mol. The van der Waals surface area contributed by atoms with Gasteiger partial charge < -0.3 is 10.1 Å². The number of carbonyl (C=O) groups is 2. The molecule has 2 aromatic rings. The molecule has 0 spiro atoms. The zero-order valence-electron chi connectivity index (χ0n) is 11.8. The number of hydrogen-bond donors (Lipinski definition) is 1. The average Bonchev–Trinajstić information content (AvgIpc) is 2.95. The maximum absolute atomic E-state index is 12.0. The summed E-state index contributed by atoms with van der Waals surface area (Å²) in [6, 6.07) is 9.36. The number of carbonyl (C=O) groups excluding carboxylic acids is 2. The highest BCUT2D eigenvalue weighted by molar-refractivity contribution is 9.10. The van der Waals surface area contributed by atoms with Gasteiger partial charge in [-0.15, -0.1) is 23.1 Å². The van der Waals surface area contributed by atoms with Crippen LogP contribution in [0.4, 0.5) is 5.00 Å². The summed E-state index contributed by atoms with van der Waals surface area (Å²) >= 11 is 6.18. The summed E-state index contributed by atoms with van der Waals surface area (Å²) < 4.78 is 5.91. The van der Waals surface area contributed by atoms with Crippen LogP contribution >= 0.6 is 39.0 Å². The number of thioether (sulfide) groups is 1. The van der Waals surface area contributed by atoms with Gasteiger partial charge in [-0.2, -0.15) is 0 Å². The molecule has 1 N–H and O–H groups in total. The van der Waals surface area contributed by atoms with E-state index in [9.17, 15) is 9.59 Å². The van der Waals surface area contributed by atoms with Crippen LogP contribution in [0.5, 0.6) is 0 Å². The number of hydrogen-bond acceptors (Lipinski definition) is 5. The Hall–Kier alpha value is -1.31. The van der Waals surface area contributed by atoms with Crippen LogP contribution in [0.25, 0.3) is 0 Å². The molecule has 4 nitrogen and oxygen atoms in total. The van der Waals surface area contributed by atoms with E-state index in [1.165, 1.54) is 23.1 Å². The summed E-state index contributed by atoms with van der Waals surface area (Å²) in [5.74, 6) is -0.311. The Labute approximate surface area is 145 Å². The van der Waals surface area contributed by atoms with Gasteiger partial charge in [0.1, 0.15) is 5.00 Å². The molecule has 0 radical (unpaired) electrons. The highest BCUT2D eigenvalue weighted by Crippen LogP contribution is 2.28. The van der Waals surface area contributed by atoms with Crippen LogP contribution in [-0.4, -0.2) is 24.2 Å². The summed E-state index contributed by atoms with van der Waals surface area (Å²) in [5.41, 5.74) is 0.395. The highest BCUT2D eigenvalue weighted by atomic mass is 79.9. The molecule has 0 fully saturated rings. The topological polar surface area (TPSA) is 55.4 Å². The maximum Gasteiger partial charge on any atom is 0.341 e. The van der Waals surface area contributed by atoms with Crippen molar-refractivity contribution in [2.45, 2.75) is 11.8 Å². The number of halogens is 1. The van der Waals surface area contributed by atoms with Gasteiger partial charge in [0.05, 0.1) is 17.9 Å². The maximum atomic E-state index is 12.0. The molecule has 1 aromatic heterocycles. The first kappa shape index (κ1) is 17.1. The number of esters is 1. The lowest BCUT2D eigenvalue weighted by Gasteiger charge is -2.07. The Balaban J connectivity index is 1.94. The molecule has 0 aliphatic heterocycles. The first-order chi connectivity index (χ1) is 10.6. The fourth-order valence-corrected chi connectivity index (χ4v) is 3.80. The van der Waals surface area contributed by atoms with E-state index < -0.39 is 5.97 Å². The second-order valence-corrected chi connectivity index (χ2v) is 6.94. The van der Waals surface area contributed by atoms with E-state index in [-0.39, 0.29) is 11.7 Å². The highest BCUT2D eigenvalue weighted by Gasteiger charge is 2.16. The summed E-state index contributed by atoms with van der Waals surface area (Å²) in [5, 5.41) is 5.04. The van der Waals surface area contributed by atoms with Crippen molar-refractivity contribution in [3.05, 3.63) is 45.7 Å². The summed E-state index contributed by atoms with van der Waals surface area (Å²) in [7, 11) is 0. The van der Waals surface area contributed by atoms with Crippen LogP contribution in [0.3, 0.4) is 0 Å². The lowest BCUT2D eigenvalue weighted by Crippen LogP contribution is -2.15. The second-order valence-electron chi connectivity index (χ2n) is 4.15. The molecule has 0 aliphatic rings. The Morgan fingerprint density at radius 3 is 2.82 bits per heavy atom. The minimum absolute atomic E-state index is 0.159. The third kappa shape index (κ3) is 4.59. The standard InChI is InChI=1S/C15H14BrNO3S2/c1-2-20-15(19)10-7-8-21-14(10)17-13(18)9-22-12-6-4-3-5-11(12)16/h3-8H,2,9H2,1H3,(H,17,18). The SMILES string of the molecule is CCOC(=O)c1ccsc1NC(=O)CSc1ccccc1Br. The normalized spacial score (nSPS) is 10.3. The third-order valence-corrected chi connectivity index (χ3v) is 5.47. The van der Waals surface area contributed by atoms with Crippen molar-refractivity contribution >= 4 is 55.9 Å². The molecule has 2 rings (SSSR count). The van der Waals surface area contributed by atoms with Gasteiger partial charge in [0, 0.05) is 9.37 Å². The van der Waals surface area contributed by atoms with Crippen LogP contribution in [0.15, 0.2) is 45.1 Å². The molecule has 0 saturated heterocycles. The number of nitrogens with one attached hydrogen (secondary N) is 1. The fraction of sp³-hybridized carbons (Fsp3) is 0.200. The van der Waals surface area contributed by atoms with E-state index in [4.69, 9.17) is 4.74 Å². The number of rotatable bonds is 6. The summed E-state index contributed by atoms with van der Waals surface area (Å²) in [4.78, 5) is 24.8. The van der Waals surface area contributed by atoms with Gasteiger partial charge in [-0.1, -0.05) is 12.1 Å². The van der Waals surface area contributed by atoms with Crippen molar-refractivity contribution < 1.29 is 14.3 Å². The summed E-state index contributed by atoms with van der Waals surface area (Å²) in [6.45, 7) is 2.05. The minimum atomic E-state index is -0.419. The zero-order valence-corrected chi connectivity index (χ0v) is 15.0. The molecule has 0 unspecified atom stereocenters. The van der Waals surface area contributed by atoms with Gasteiger partial charge >= 0.3 is 5.97 Å². The Morgan fingerprint density at radius 1 is 1.32 bits per heavy atom. The first-order valence-corrected chi connectivity index (χ1v) is 9.19. The fourth-order valence-electron chi connectivity index (χ4n) is 1.64. The summed E-state index contributed by atoms with van der Waals surface area (Å²) in [6.07, 6.45) is 0. The van der Waals surface area contributed by atoms with E-state index >= 15 is 0 Å². The van der Waals surface area contributed by atoms with Crippen LogP contribution in [0, 0.1) is 0 Å². The van der Waals surface area contributed by atoms with E-state index in [1.807, 2.05) is 24.3 Å². The largest absolute Gasteiger partial charge is 0.462 e. The van der Waals surface area contributed by atoms with Gasteiger partial charge in [-0.3, -0.25) is 4.79 Å². The molecule has 1 aromatic carbocycles. The van der Waals surface area contributed by atoms with Gasteiger partial charge in [0.2, 0.25) is 5.91 Å². The van der Waals surface area contributed by atoms with Crippen molar-refractivity contribution in [1.82, 2.24) is 0 Å². The molecule has 1 amide bonds. The van der Waals surface area contributed by atoms with Crippen molar-refractivity contribution in [2.24, 2.45) is 0 Å². The van der Waals surface area contributed by atoms with Crippen LogP contribution in [-0.2, 0) is 9.53 Å². The Morgan fingerprint density at radius 2 is 2.09 bits per heavy atom. The molecule has 0 aliphatic carbocycles. The Bertz CT molecular complexity index is 672. The number of amides is 1. The molecule has 22 heavy (non-hydrogen) atoms. The lowest BCUT2D eigenvalue weighted by atomic mass is 10.3. The molecule has 116 valence electrons. The predicted octanol–water partition coefficient (Wildman–Crippen LogP) is 4.42. The van der Waals surface area contributed by atoms with Crippen molar-refractivity contribution in [3.63, 3.8) is 0 Å². The van der Waals surface area contributed by atoms with Gasteiger partial charge in [-0.25, -0.2) is 4.79 Å². The molecule has 0 atom stereocenters. The quantitative estimate of drug-likeness (QED) is 0.576. The van der Waals surface area contributed by atoms with Crippen LogP contribution < -0.4 is 5.32 Å². The van der Waals surface area contributed by atoms with Gasteiger partial charge in [0.25, 0.3) is 0 Å². The molecular weight excluding hydrogens is 386 g/mol. The monoisotopic (exact) mass is 399 g/mol. The Kier molecular flexibility index (Phi) is 6.48. The number of benzene rings is 1. The zero-order chi connectivity index (χ0) is 15.9. The van der Waals surface area contributed by atoms with Crippen LogP contribution in [0.1, 0.15) is 17.3 Å². The molecular formula is C15H14BrNO3S2. The molecule has 1 heterocycles. The van der Waals surface area contributed by atoms with Crippen molar-refractivity contribution in [1.29, 1.82) is 0 Å². The van der Waals surface area contributed by atoms with Crippen molar-refractivity contribution in [3.8, 4) is 0 Å². The number of thiophene rings is 1. The van der Waals surface area contributed by atoms with E-state index in [2.05, 4.69) is 21.2 Å². The molecule has 0 bridgehead atoms. The minimum Gasteiger partial charge on any atom is -0.462 e. The van der Waals surface area contributed by atoms with Gasteiger partial charge in [0.15, 0.2) is 0 Å². The van der Waals surface area contributed by atoms with Crippen LogP contribution in [0.2, 0.25) is 0 Å². The predicted molar refractivity (Wildman–Crippen MR) is 93.8 cm³/mol. The van der Waals surface area contributed by atoms with Gasteiger partial charge in [-0.05, 0) is 46.4 Å². The molecule has 0 saturated carbocycles. The lowest BCUT2D eigenvalue weighted by molar-refractivity contribution is -0.113. The van der Waals surface area contributed by atoms with E-state index in [1.54, 1.807) is 18.4 Å². The second kappa shape index (κ2) is 8.36. The van der Waals surface area contributed by atoms with Crippen molar-refractivity contribution in [2.75, 3.05) is 17.7 Å². The number of ether oxygens (including phenoxy) is 1. The van der Waals surface area contributed by atoms with E-state index in [0.717, 1.165) is 9.37 Å².